The second-order valence-electron chi connectivity index (χ2n) is 4.98. The highest BCUT2D eigenvalue weighted by atomic mass is 32.2. The second-order valence-corrected chi connectivity index (χ2v) is 5.97. The van der Waals surface area contributed by atoms with Gasteiger partial charge in [0.2, 0.25) is 0 Å². The summed E-state index contributed by atoms with van der Waals surface area (Å²) in [7, 11) is 0. The fourth-order valence-corrected chi connectivity index (χ4v) is 2.94. The monoisotopic (exact) mass is 244 g/mol. The molecular weight excluding hydrogens is 216 g/mol. The number of nitrogens with two attached hydrogens (primary N) is 1. The minimum Gasteiger partial charge on any atom is -0.328 e. The van der Waals surface area contributed by atoms with Gasteiger partial charge in [-0.3, -0.25) is 0 Å². The van der Waals surface area contributed by atoms with Crippen molar-refractivity contribution in [1.82, 2.24) is 5.32 Å². The largest absolute Gasteiger partial charge is 0.328 e. The molecule has 0 amide bonds. The van der Waals surface area contributed by atoms with Gasteiger partial charge in [0.15, 0.2) is 0 Å². The average Bonchev–Trinajstić information content (AvgIpc) is 2.28. The van der Waals surface area contributed by atoms with E-state index in [1.807, 2.05) is 11.8 Å². The van der Waals surface area contributed by atoms with Crippen molar-refractivity contribution in [3.8, 4) is 0 Å². The molecule has 3 N–H and O–H groups in total. The van der Waals surface area contributed by atoms with Crippen molar-refractivity contribution in [1.29, 1.82) is 0 Å². The molecule has 0 spiro atoms. The van der Waals surface area contributed by atoms with Gasteiger partial charge in [-0.25, -0.2) is 0 Å². The summed E-state index contributed by atoms with van der Waals surface area (Å²) in [5.41, 5.74) is 5.97. The van der Waals surface area contributed by atoms with Gasteiger partial charge >= 0.3 is 0 Å². The Kier molecular flexibility index (Phi) is 8.34. The van der Waals surface area contributed by atoms with Gasteiger partial charge in [0.05, 0.1) is 0 Å². The van der Waals surface area contributed by atoms with Crippen LogP contribution in [0.1, 0.15) is 51.4 Å². The van der Waals surface area contributed by atoms with E-state index in [-0.39, 0.29) is 0 Å². The van der Waals surface area contributed by atoms with E-state index in [2.05, 4.69) is 11.6 Å². The summed E-state index contributed by atoms with van der Waals surface area (Å²) in [6.45, 7) is 1.19. The Morgan fingerprint density at radius 1 is 1.19 bits per heavy atom. The summed E-state index contributed by atoms with van der Waals surface area (Å²) in [4.78, 5) is 0. The first-order valence-electron chi connectivity index (χ1n) is 6.81. The lowest BCUT2D eigenvalue weighted by atomic mass is 9.91. The van der Waals surface area contributed by atoms with Crippen LogP contribution in [0.3, 0.4) is 0 Å². The smallest absolute Gasteiger partial charge is 0.00818 e. The molecule has 0 aliphatic heterocycles. The summed E-state index contributed by atoms with van der Waals surface area (Å²) in [6.07, 6.45) is 12.7. The molecule has 1 aliphatic carbocycles. The molecule has 0 heterocycles. The zero-order valence-electron chi connectivity index (χ0n) is 10.7. The average molecular weight is 244 g/mol. The first-order valence-corrected chi connectivity index (χ1v) is 8.20. The lowest BCUT2D eigenvalue weighted by molar-refractivity contribution is 0.337. The lowest BCUT2D eigenvalue weighted by Gasteiger charge is -2.27. The first kappa shape index (κ1) is 14.3. The summed E-state index contributed by atoms with van der Waals surface area (Å²) < 4.78 is 0. The Balaban J connectivity index is 1.86. The van der Waals surface area contributed by atoms with E-state index < -0.39 is 0 Å². The highest BCUT2D eigenvalue weighted by molar-refractivity contribution is 7.98. The van der Waals surface area contributed by atoms with Crippen LogP contribution in [0.25, 0.3) is 0 Å². The number of thioether (sulfide) groups is 1. The van der Waals surface area contributed by atoms with Crippen molar-refractivity contribution in [2.75, 3.05) is 18.6 Å². The highest BCUT2D eigenvalue weighted by Gasteiger charge is 2.17. The number of rotatable bonds is 8. The van der Waals surface area contributed by atoms with Crippen LogP contribution in [0.4, 0.5) is 0 Å². The third kappa shape index (κ3) is 6.77. The highest BCUT2D eigenvalue weighted by Crippen LogP contribution is 2.16. The Labute approximate surface area is 105 Å². The van der Waals surface area contributed by atoms with Crippen LogP contribution < -0.4 is 11.1 Å². The van der Waals surface area contributed by atoms with Crippen LogP contribution in [0.5, 0.6) is 0 Å². The number of hydrogen-bond donors (Lipinski definition) is 2. The molecule has 1 rings (SSSR count). The van der Waals surface area contributed by atoms with E-state index in [1.165, 1.54) is 63.7 Å². The van der Waals surface area contributed by atoms with Gasteiger partial charge in [-0.1, -0.05) is 19.3 Å². The fourth-order valence-electron chi connectivity index (χ4n) is 2.44. The first-order chi connectivity index (χ1) is 7.83. The molecule has 2 atom stereocenters. The normalized spacial score (nSPS) is 25.9. The molecule has 1 saturated carbocycles. The van der Waals surface area contributed by atoms with Crippen molar-refractivity contribution < 1.29 is 0 Å². The Morgan fingerprint density at radius 3 is 2.75 bits per heavy atom. The maximum absolute atomic E-state index is 5.97. The van der Waals surface area contributed by atoms with Crippen molar-refractivity contribution in [3.05, 3.63) is 0 Å². The SMILES string of the molecule is CSCCCCCCNC1CCCC(N)C1. The van der Waals surface area contributed by atoms with Gasteiger partial charge in [-0.15, -0.1) is 0 Å². The van der Waals surface area contributed by atoms with Crippen LogP contribution >= 0.6 is 11.8 Å². The van der Waals surface area contributed by atoms with Crippen LogP contribution in [-0.4, -0.2) is 30.6 Å². The molecule has 3 heteroatoms. The Morgan fingerprint density at radius 2 is 2.00 bits per heavy atom. The molecule has 2 unspecified atom stereocenters. The van der Waals surface area contributed by atoms with Crippen LogP contribution in [-0.2, 0) is 0 Å². The molecule has 1 aliphatic rings. The van der Waals surface area contributed by atoms with Crippen LogP contribution in [0, 0.1) is 0 Å². The fraction of sp³-hybridized carbons (Fsp3) is 1.00. The standard InChI is InChI=1S/C13H28N2S/c1-16-10-5-3-2-4-9-15-13-8-6-7-12(14)11-13/h12-13,15H,2-11,14H2,1H3. The minimum absolute atomic E-state index is 0.452. The van der Waals surface area contributed by atoms with Crippen molar-refractivity contribution in [3.63, 3.8) is 0 Å². The van der Waals surface area contributed by atoms with E-state index in [0.29, 0.717) is 12.1 Å². The maximum Gasteiger partial charge on any atom is 0.00818 e. The van der Waals surface area contributed by atoms with E-state index in [4.69, 9.17) is 5.73 Å². The molecule has 0 aromatic heterocycles. The molecule has 0 aromatic carbocycles. The zero-order chi connectivity index (χ0) is 11.6. The zero-order valence-corrected chi connectivity index (χ0v) is 11.5. The molecule has 96 valence electrons. The number of unbranched alkanes of at least 4 members (excludes halogenated alkanes) is 3. The van der Waals surface area contributed by atoms with Gasteiger partial charge in [0.25, 0.3) is 0 Å². The van der Waals surface area contributed by atoms with Crippen LogP contribution in [0.2, 0.25) is 0 Å². The molecule has 2 nitrogen and oxygen atoms in total. The van der Waals surface area contributed by atoms with Gasteiger partial charge in [-0.2, -0.15) is 11.8 Å². The lowest BCUT2D eigenvalue weighted by Crippen LogP contribution is -2.39. The number of hydrogen-bond acceptors (Lipinski definition) is 3. The Hall–Kier alpha value is 0.270. The molecule has 1 fully saturated rings. The quantitative estimate of drug-likeness (QED) is 0.645. The molecule has 0 radical (unpaired) electrons. The molecule has 0 aromatic rings. The Bertz CT molecular complexity index is 164. The summed E-state index contributed by atoms with van der Waals surface area (Å²) in [5, 5.41) is 3.66. The molecule has 16 heavy (non-hydrogen) atoms. The topological polar surface area (TPSA) is 38.0 Å². The third-order valence-corrected chi connectivity index (χ3v) is 4.12. The van der Waals surface area contributed by atoms with Gasteiger partial charge < -0.3 is 11.1 Å². The van der Waals surface area contributed by atoms with Crippen LogP contribution in [0.15, 0.2) is 0 Å². The van der Waals surface area contributed by atoms with Crippen molar-refractivity contribution >= 4 is 11.8 Å². The van der Waals surface area contributed by atoms with Gasteiger partial charge in [0, 0.05) is 12.1 Å². The minimum atomic E-state index is 0.452. The summed E-state index contributed by atoms with van der Waals surface area (Å²) >= 11 is 1.96. The number of nitrogens with one attached hydrogen (secondary N) is 1. The summed E-state index contributed by atoms with van der Waals surface area (Å²) in [5.74, 6) is 1.32. The molecule has 0 saturated heterocycles. The van der Waals surface area contributed by atoms with Crippen molar-refractivity contribution in [2.45, 2.75) is 63.5 Å². The van der Waals surface area contributed by atoms with E-state index >= 15 is 0 Å². The molecule has 0 bridgehead atoms. The predicted molar refractivity (Wildman–Crippen MR) is 75.1 cm³/mol. The third-order valence-electron chi connectivity index (χ3n) is 3.42. The predicted octanol–water partition coefficient (Wildman–Crippen LogP) is 2.77. The van der Waals surface area contributed by atoms with E-state index in [9.17, 15) is 0 Å². The van der Waals surface area contributed by atoms with Gasteiger partial charge in [-0.05, 0) is 50.7 Å². The van der Waals surface area contributed by atoms with Crippen molar-refractivity contribution in [2.24, 2.45) is 5.73 Å². The second kappa shape index (κ2) is 9.32. The summed E-state index contributed by atoms with van der Waals surface area (Å²) in [6, 6.07) is 1.16. The van der Waals surface area contributed by atoms with E-state index in [1.54, 1.807) is 0 Å². The maximum atomic E-state index is 5.97. The van der Waals surface area contributed by atoms with E-state index in [0.717, 1.165) is 0 Å². The van der Waals surface area contributed by atoms with Gasteiger partial charge in [0.1, 0.15) is 0 Å². The molecular formula is C13H28N2S.